The fourth-order valence-corrected chi connectivity index (χ4v) is 6.49. The molecule has 8 heteroatoms. The van der Waals surface area contributed by atoms with Crippen LogP contribution in [-0.4, -0.2) is 45.4 Å². The molecule has 0 aliphatic heterocycles. The van der Waals surface area contributed by atoms with E-state index in [2.05, 4.69) is 13.2 Å². The first-order chi connectivity index (χ1) is 11.6. The minimum Gasteiger partial charge on any atom is -0.311 e. The number of hydrogen-bond donors (Lipinski definition) is 0. The van der Waals surface area contributed by atoms with E-state index in [1.165, 1.54) is 0 Å². The second-order valence-electron chi connectivity index (χ2n) is 5.49. The van der Waals surface area contributed by atoms with Gasteiger partial charge >= 0.3 is 0 Å². The highest BCUT2D eigenvalue weighted by Gasteiger charge is 2.44. The van der Waals surface area contributed by atoms with Crippen LogP contribution in [0.5, 0.6) is 0 Å². The molecule has 138 valence electrons. The van der Waals surface area contributed by atoms with Crippen LogP contribution in [0.15, 0.2) is 49.6 Å². The molecule has 1 amide bonds. The van der Waals surface area contributed by atoms with Crippen LogP contribution in [0, 0.1) is 6.92 Å². The van der Waals surface area contributed by atoms with Gasteiger partial charge in [0.2, 0.25) is 4.58 Å². The molecule has 0 aliphatic carbocycles. The molecule has 25 heavy (non-hydrogen) atoms. The lowest BCUT2D eigenvalue weighted by molar-refractivity contribution is -0.116. The van der Waals surface area contributed by atoms with Crippen molar-refractivity contribution in [2.24, 2.45) is 0 Å². The van der Waals surface area contributed by atoms with Gasteiger partial charge in [-0.1, -0.05) is 29.8 Å². The molecule has 0 heterocycles. The Morgan fingerprint density at radius 2 is 1.48 bits per heavy atom. The molecule has 0 aromatic heterocycles. The van der Waals surface area contributed by atoms with Crippen molar-refractivity contribution in [2.45, 2.75) is 18.4 Å². The summed E-state index contributed by atoms with van der Waals surface area (Å²) in [5.41, 5.74) is 1.40. The van der Waals surface area contributed by atoms with Crippen LogP contribution in [0.4, 0.5) is 5.69 Å². The molecule has 0 aliphatic rings. The van der Waals surface area contributed by atoms with Crippen LogP contribution in [0.2, 0.25) is 0 Å². The number of hydrogen-bond acceptors (Lipinski definition) is 5. The Hall–Kier alpha value is -1.93. The van der Waals surface area contributed by atoms with Gasteiger partial charge in [-0.15, -0.1) is 13.2 Å². The zero-order valence-electron chi connectivity index (χ0n) is 14.4. The second-order valence-corrected chi connectivity index (χ2v) is 10.0. The predicted octanol–water partition coefficient (Wildman–Crippen LogP) is 1.88. The van der Waals surface area contributed by atoms with Gasteiger partial charge < -0.3 is 4.90 Å². The highest BCUT2D eigenvalue weighted by molar-refractivity contribution is 8.10. The summed E-state index contributed by atoms with van der Waals surface area (Å²) in [6, 6.07) is 6.82. The van der Waals surface area contributed by atoms with Crippen LogP contribution in [-0.2, 0) is 24.5 Å². The van der Waals surface area contributed by atoms with Crippen molar-refractivity contribution in [2.75, 3.05) is 23.0 Å². The number of aryl methyl sites for hydroxylation is 1. The van der Waals surface area contributed by atoms with E-state index in [0.717, 1.165) is 22.6 Å². The Kier molecular flexibility index (Phi) is 7.13. The quantitative estimate of drug-likeness (QED) is 0.606. The van der Waals surface area contributed by atoms with E-state index in [-0.39, 0.29) is 6.54 Å². The number of benzene rings is 1. The van der Waals surface area contributed by atoms with Crippen molar-refractivity contribution < 1.29 is 21.6 Å². The van der Waals surface area contributed by atoms with Crippen LogP contribution in [0.25, 0.3) is 0 Å². The molecule has 0 saturated carbocycles. The predicted molar refractivity (Wildman–Crippen MR) is 101 cm³/mol. The van der Waals surface area contributed by atoms with E-state index in [1.807, 2.05) is 6.92 Å². The fourth-order valence-electron chi connectivity index (χ4n) is 2.35. The fraction of sp³-hybridized carbons (Fsp3) is 0.353. The normalized spacial score (nSPS) is 12.0. The summed E-state index contributed by atoms with van der Waals surface area (Å²) in [7, 11) is -8.54. The molecule has 0 bridgehead atoms. The second kappa shape index (κ2) is 8.44. The largest absolute Gasteiger partial charge is 0.311 e. The molecule has 0 fully saturated rings. The van der Waals surface area contributed by atoms with E-state index in [9.17, 15) is 21.6 Å². The molecule has 0 spiro atoms. The van der Waals surface area contributed by atoms with Gasteiger partial charge in [-0.3, -0.25) is 4.79 Å². The van der Waals surface area contributed by atoms with Crippen molar-refractivity contribution in [3.8, 4) is 0 Å². The Morgan fingerprint density at radius 3 is 1.84 bits per heavy atom. The number of amides is 1. The van der Waals surface area contributed by atoms with Gasteiger partial charge in [0.05, 0.1) is 11.5 Å². The van der Waals surface area contributed by atoms with Gasteiger partial charge in [-0.25, -0.2) is 16.8 Å². The minimum atomic E-state index is -4.27. The molecule has 0 unspecified atom stereocenters. The highest BCUT2D eigenvalue weighted by atomic mass is 32.3. The van der Waals surface area contributed by atoms with E-state index in [1.54, 1.807) is 31.2 Å². The molecular formula is C17H23NO5S2. The Morgan fingerprint density at radius 1 is 1.04 bits per heavy atom. The van der Waals surface area contributed by atoms with Gasteiger partial charge in [0, 0.05) is 12.2 Å². The van der Waals surface area contributed by atoms with Crippen molar-refractivity contribution in [3.63, 3.8) is 0 Å². The molecule has 6 nitrogen and oxygen atoms in total. The maximum atomic E-state index is 12.9. The van der Waals surface area contributed by atoms with E-state index < -0.39 is 41.7 Å². The topological polar surface area (TPSA) is 88.6 Å². The van der Waals surface area contributed by atoms with E-state index in [0.29, 0.717) is 5.69 Å². The summed E-state index contributed by atoms with van der Waals surface area (Å²) in [5.74, 6) is -2.20. The minimum absolute atomic E-state index is 0.131. The first-order valence-electron chi connectivity index (χ1n) is 7.63. The number of anilines is 1. The summed E-state index contributed by atoms with van der Waals surface area (Å²) in [6.07, 6.45) is 2.14. The van der Waals surface area contributed by atoms with Gasteiger partial charge in [-0.05, 0) is 26.0 Å². The summed E-state index contributed by atoms with van der Waals surface area (Å²) in [6.45, 7) is 10.3. The lowest BCUT2D eigenvalue weighted by Crippen LogP contribution is -2.48. The maximum Gasteiger partial charge on any atom is 0.260 e. The third-order valence-electron chi connectivity index (χ3n) is 3.48. The van der Waals surface area contributed by atoms with Crippen molar-refractivity contribution in [1.29, 1.82) is 0 Å². The van der Waals surface area contributed by atoms with E-state index in [4.69, 9.17) is 0 Å². The number of rotatable bonds is 9. The van der Waals surface area contributed by atoms with Crippen LogP contribution in [0.3, 0.4) is 0 Å². The standard InChI is InChI=1S/C17H23NO5S2/c1-5-12-24(20,21)17(25(22,23)13-6-2)16(19)18(7-3)15-10-8-14(4)9-11-15/h5-6,8-11,17H,1-2,7,12-13H2,3-4H3. The molecule has 1 rings (SSSR count). The van der Waals surface area contributed by atoms with Crippen molar-refractivity contribution in [3.05, 3.63) is 55.1 Å². The number of carbonyl (C=O) groups excluding carboxylic acids is 1. The summed E-state index contributed by atoms with van der Waals surface area (Å²) >= 11 is 0. The van der Waals surface area contributed by atoms with Crippen LogP contribution < -0.4 is 4.90 Å². The van der Waals surface area contributed by atoms with Crippen LogP contribution in [0.1, 0.15) is 12.5 Å². The summed E-state index contributed by atoms with van der Waals surface area (Å²) < 4.78 is 47.7. The monoisotopic (exact) mass is 385 g/mol. The smallest absolute Gasteiger partial charge is 0.260 e. The van der Waals surface area contributed by atoms with E-state index >= 15 is 0 Å². The van der Waals surface area contributed by atoms with Gasteiger partial charge in [0.15, 0.2) is 19.7 Å². The maximum absolute atomic E-state index is 12.9. The Labute approximate surface area is 149 Å². The summed E-state index contributed by atoms with van der Waals surface area (Å²) in [5, 5.41) is 0. The van der Waals surface area contributed by atoms with Gasteiger partial charge in [0.25, 0.3) is 5.91 Å². The third-order valence-corrected chi connectivity index (χ3v) is 8.35. The molecule has 0 atom stereocenters. The van der Waals surface area contributed by atoms with Crippen LogP contribution >= 0.6 is 0 Å². The lowest BCUT2D eigenvalue weighted by atomic mass is 10.2. The highest BCUT2D eigenvalue weighted by Crippen LogP contribution is 2.22. The summed E-state index contributed by atoms with van der Waals surface area (Å²) in [4.78, 5) is 14.1. The van der Waals surface area contributed by atoms with Gasteiger partial charge in [0.1, 0.15) is 0 Å². The Balaban J connectivity index is 3.46. The Bertz CT molecular complexity index is 800. The van der Waals surface area contributed by atoms with Crippen molar-refractivity contribution >= 4 is 31.3 Å². The van der Waals surface area contributed by atoms with Gasteiger partial charge in [-0.2, -0.15) is 0 Å². The molecular weight excluding hydrogens is 362 g/mol. The number of sulfone groups is 2. The zero-order valence-corrected chi connectivity index (χ0v) is 16.0. The molecule has 0 radical (unpaired) electrons. The molecule has 0 saturated heterocycles. The zero-order chi connectivity index (χ0) is 19.3. The molecule has 0 N–H and O–H groups in total. The lowest BCUT2D eigenvalue weighted by Gasteiger charge is -2.26. The first kappa shape index (κ1) is 21.1. The number of carbonyl (C=O) groups is 1. The third kappa shape index (κ3) is 5.02. The molecule has 1 aromatic carbocycles. The molecule has 1 aromatic rings. The average Bonchev–Trinajstić information content (AvgIpc) is 2.49. The average molecular weight is 386 g/mol. The number of nitrogens with zero attached hydrogens (tertiary/aromatic N) is 1. The first-order valence-corrected chi connectivity index (χ1v) is 11.1. The van der Waals surface area contributed by atoms with Crippen molar-refractivity contribution in [1.82, 2.24) is 0 Å². The SMILES string of the molecule is C=CCS(=O)(=O)C(C(=O)N(CC)c1ccc(C)cc1)S(=O)(=O)CC=C.